The number of nitrogens with zero attached hydrogens (tertiary/aromatic N) is 2. The Morgan fingerprint density at radius 3 is 2.55 bits per heavy atom. The molecule has 2 N–H and O–H groups in total. The van der Waals surface area contributed by atoms with Crippen LogP contribution in [0.15, 0.2) is 66.9 Å². The van der Waals surface area contributed by atoms with E-state index in [1.165, 1.54) is 25.2 Å². The Balaban J connectivity index is 1.34. The molecule has 9 heteroatoms. The van der Waals surface area contributed by atoms with Crippen LogP contribution in [0.3, 0.4) is 0 Å². The number of ketones is 1. The molecule has 1 aliphatic rings. The number of nitrogens with one attached hydrogen (secondary N) is 1. The average molecular weight is 516 g/mol. The third kappa shape index (κ3) is 4.64. The summed E-state index contributed by atoms with van der Waals surface area (Å²) in [5.41, 5.74) is 3.25. The topological polar surface area (TPSA) is 101 Å². The van der Waals surface area contributed by atoms with Gasteiger partial charge in [0.1, 0.15) is 11.9 Å². The molecule has 1 amide bonds. The number of aromatic nitrogens is 1. The number of Topliss-reactive ketones (excluding diaryl/α,β-unsaturated/α-hetero) is 1. The highest BCUT2D eigenvalue weighted by molar-refractivity contribution is 6.01. The Morgan fingerprint density at radius 2 is 1.84 bits per heavy atom. The fourth-order valence-electron chi connectivity index (χ4n) is 4.72. The first-order chi connectivity index (χ1) is 18.4. The Labute approximate surface area is 218 Å². The molecule has 1 atom stereocenters. The molecule has 1 unspecified atom stereocenters. The van der Waals surface area contributed by atoms with Crippen molar-refractivity contribution in [3.63, 3.8) is 0 Å². The predicted molar refractivity (Wildman–Crippen MR) is 140 cm³/mol. The zero-order chi connectivity index (χ0) is 26.8. The lowest BCUT2D eigenvalue weighted by Gasteiger charge is -2.25. The van der Waals surface area contributed by atoms with Crippen LogP contribution in [0.5, 0.6) is 11.5 Å². The number of halogens is 1. The number of aliphatic hydroxyl groups is 1. The summed E-state index contributed by atoms with van der Waals surface area (Å²) in [7, 11) is 3.07. The summed E-state index contributed by atoms with van der Waals surface area (Å²) in [6.45, 7) is -0.260. The highest BCUT2D eigenvalue weighted by Gasteiger charge is 2.35. The van der Waals surface area contributed by atoms with Crippen LogP contribution in [0.4, 0.5) is 15.8 Å². The van der Waals surface area contributed by atoms with Gasteiger partial charge in [0.05, 0.1) is 32.0 Å². The minimum absolute atomic E-state index is 0.127. The number of ether oxygens (including phenoxy) is 2. The summed E-state index contributed by atoms with van der Waals surface area (Å²) in [6, 6.07) is 15.8. The number of methoxy groups -OCH3 is 2. The molecule has 194 valence electrons. The Morgan fingerprint density at radius 1 is 1.08 bits per heavy atom. The number of carbonyl (C=O) groups excluding carboxylic acids is 2. The quantitative estimate of drug-likeness (QED) is 0.344. The first-order valence-electron chi connectivity index (χ1n) is 12.0. The van der Waals surface area contributed by atoms with Crippen molar-refractivity contribution in [1.82, 2.24) is 9.88 Å². The maximum Gasteiger partial charge on any atom is 0.255 e. The van der Waals surface area contributed by atoms with Gasteiger partial charge in [-0.1, -0.05) is 24.3 Å². The molecule has 38 heavy (non-hydrogen) atoms. The van der Waals surface area contributed by atoms with Crippen LogP contribution in [0, 0.1) is 5.82 Å². The average Bonchev–Trinajstić information content (AvgIpc) is 3.26. The van der Waals surface area contributed by atoms with Crippen molar-refractivity contribution < 1.29 is 28.6 Å². The fraction of sp³-hybridized carbons (Fsp3) is 0.207. The lowest BCUT2D eigenvalue weighted by molar-refractivity contribution is -0.124. The van der Waals surface area contributed by atoms with Crippen molar-refractivity contribution in [2.75, 3.05) is 26.1 Å². The van der Waals surface area contributed by atoms with Gasteiger partial charge in [0, 0.05) is 41.9 Å². The van der Waals surface area contributed by atoms with Crippen molar-refractivity contribution in [3.05, 3.63) is 89.4 Å². The second-order valence-corrected chi connectivity index (χ2v) is 8.95. The number of fused-ring (bicyclic) bond motifs is 2. The van der Waals surface area contributed by atoms with Gasteiger partial charge < -0.3 is 24.8 Å². The molecule has 1 aromatic heterocycles. The van der Waals surface area contributed by atoms with Crippen LogP contribution in [-0.4, -0.2) is 53.5 Å². The minimum Gasteiger partial charge on any atom is -0.493 e. The van der Waals surface area contributed by atoms with Crippen molar-refractivity contribution in [2.24, 2.45) is 0 Å². The van der Waals surface area contributed by atoms with Gasteiger partial charge in [-0.25, -0.2) is 4.39 Å². The lowest BCUT2D eigenvalue weighted by atomic mass is 10.0. The molecular formula is C29H26FN3O5. The van der Waals surface area contributed by atoms with Gasteiger partial charge in [0.2, 0.25) is 0 Å². The number of rotatable bonds is 9. The summed E-state index contributed by atoms with van der Waals surface area (Å²) in [6.07, 6.45) is 1.48. The van der Waals surface area contributed by atoms with Crippen LogP contribution in [0.1, 0.15) is 21.5 Å². The first-order valence-corrected chi connectivity index (χ1v) is 12.0. The van der Waals surface area contributed by atoms with Crippen LogP contribution in [0.25, 0.3) is 10.9 Å². The molecule has 1 aliphatic heterocycles. The number of carbonyl (C=O) groups is 2. The third-order valence-corrected chi connectivity index (χ3v) is 6.70. The van der Waals surface area contributed by atoms with Gasteiger partial charge in [0.25, 0.3) is 5.91 Å². The maximum atomic E-state index is 15.1. The van der Waals surface area contributed by atoms with E-state index in [9.17, 15) is 14.7 Å². The van der Waals surface area contributed by atoms with Crippen LogP contribution in [-0.2, 0) is 17.8 Å². The Kier molecular flexibility index (Phi) is 6.93. The lowest BCUT2D eigenvalue weighted by Crippen LogP contribution is -2.44. The highest BCUT2D eigenvalue weighted by Crippen LogP contribution is 2.35. The number of pyridine rings is 1. The SMILES string of the molecule is COc1cc2nccc(Nc3ccc(CC(=O)C(CO)N4Cc5ccccc5C4=O)cc3F)c2cc1OC. The summed E-state index contributed by atoms with van der Waals surface area (Å²) in [4.78, 5) is 31.6. The first kappa shape index (κ1) is 25.2. The van der Waals surface area contributed by atoms with Crippen molar-refractivity contribution >= 4 is 34.0 Å². The van der Waals surface area contributed by atoms with Crippen molar-refractivity contribution in [3.8, 4) is 11.5 Å². The molecule has 0 bridgehead atoms. The van der Waals surface area contributed by atoms with E-state index in [1.54, 1.807) is 48.7 Å². The molecule has 0 saturated heterocycles. The number of hydrogen-bond acceptors (Lipinski definition) is 7. The van der Waals surface area contributed by atoms with E-state index >= 15 is 4.39 Å². The zero-order valence-corrected chi connectivity index (χ0v) is 20.9. The van der Waals surface area contributed by atoms with E-state index in [0.29, 0.717) is 39.2 Å². The van der Waals surface area contributed by atoms with E-state index in [0.717, 1.165) is 5.56 Å². The van der Waals surface area contributed by atoms with Crippen LogP contribution >= 0.6 is 0 Å². The number of benzene rings is 3. The van der Waals surface area contributed by atoms with Crippen LogP contribution in [0.2, 0.25) is 0 Å². The van der Waals surface area contributed by atoms with Gasteiger partial charge in [-0.05, 0) is 41.5 Å². The molecule has 3 aromatic carbocycles. The normalized spacial score (nSPS) is 13.4. The largest absolute Gasteiger partial charge is 0.493 e. The second kappa shape index (κ2) is 10.5. The van der Waals surface area contributed by atoms with E-state index in [-0.39, 0.29) is 30.3 Å². The second-order valence-electron chi connectivity index (χ2n) is 8.95. The summed E-state index contributed by atoms with van der Waals surface area (Å²) in [5, 5.41) is 13.7. The predicted octanol–water partition coefficient (Wildman–Crippen LogP) is 4.26. The molecule has 8 nitrogen and oxygen atoms in total. The van der Waals surface area contributed by atoms with Gasteiger partial charge in [-0.3, -0.25) is 14.6 Å². The van der Waals surface area contributed by atoms with Gasteiger partial charge in [-0.15, -0.1) is 0 Å². The van der Waals surface area contributed by atoms with Crippen LogP contribution < -0.4 is 14.8 Å². The smallest absolute Gasteiger partial charge is 0.255 e. The molecule has 5 rings (SSSR count). The van der Waals surface area contributed by atoms with E-state index < -0.39 is 18.5 Å². The van der Waals surface area contributed by atoms with E-state index in [1.807, 2.05) is 12.1 Å². The molecule has 0 saturated carbocycles. The third-order valence-electron chi connectivity index (χ3n) is 6.70. The van der Waals surface area contributed by atoms with Crippen molar-refractivity contribution in [2.45, 2.75) is 19.0 Å². The van der Waals surface area contributed by atoms with E-state index in [4.69, 9.17) is 9.47 Å². The molecule has 0 radical (unpaired) electrons. The summed E-state index contributed by atoms with van der Waals surface area (Å²) < 4.78 is 25.9. The highest BCUT2D eigenvalue weighted by atomic mass is 19.1. The maximum absolute atomic E-state index is 15.1. The molecular weight excluding hydrogens is 489 g/mol. The summed E-state index contributed by atoms with van der Waals surface area (Å²) >= 11 is 0. The molecule has 0 aliphatic carbocycles. The zero-order valence-electron chi connectivity index (χ0n) is 20.9. The van der Waals surface area contributed by atoms with Crippen molar-refractivity contribution in [1.29, 1.82) is 0 Å². The number of anilines is 2. The number of amides is 1. The standard InChI is InChI=1S/C29H26FN3O5/c1-37-27-13-20-22(9-10-31-24(20)14-28(27)38-2)32-23-8-7-17(11-21(23)30)12-26(35)25(16-34)33-15-18-5-3-4-6-19(18)29(33)36/h3-11,13-14,25,34H,12,15-16H2,1-2H3,(H,31,32). The van der Waals surface area contributed by atoms with Gasteiger partial charge in [0.15, 0.2) is 17.3 Å². The molecule has 0 spiro atoms. The Hall–Kier alpha value is -4.50. The van der Waals surface area contributed by atoms with Gasteiger partial charge in [-0.2, -0.15) is 0 Å². The van der Waals surface area contributed by atoms with E-state index in [2.05, 4.69) is 10.3 Å². The number of aliphatic hydroxyl groups excluding tert-OH is 1. The monoisotopic (exact) mass is 515 g/mol. The fourth-order valence-corrected chi connectivity index (χ4v) is 4.72. The molecule has 4 aromatic rings. The number of hydrogen-bond donors (Lipinski definition) is 2. The molecule has 0 fully saturated rings. The Bertz CT molecular complexity index is 1540. The summed E-state index contributed by atoms with van der Waals surface area (Å²) in [5.74, 6) is -0.160. The van der Waals surface area contributed by atoms with Gasteiger partial charge >= 0.3 is 0 Å². The minimum atomic E-state index is -1.01. The molecule has 2 heterocycles.